The molecule has 0 fully saturated rings. The lowest BCUT2D eigenvalue weighted by Gasteiger charge is -2.15. The van der Waals surface area contributed by atoms with Crippen molar-refractivity contribution in [1.82, 2.24) is 4.98 Å². The Morgan fingerprint density at radius 2 is 1.85 bits per heavy atom. The van der Waals surface area contributed by atoms with E-state index in [0.29, 0.717) is 10.8 Å². The number of carbonyl (C=O) groups excluding carboxylic acids is 1. The van der Waals surface area contributed by atoms with Gasteiger partial charge in [0.05, 0.1) is 12.7 Å². The van der Waals surface area contributed by atoms with E-state index in [2.05, 4.69) is 10.3 Å². The lowest BCUT2D eigenvalue weighted by molar-refractivity contribution is 0.102. The maximum absolute atomic E-state index is 14.1. The molecule has 0 atom stereocenters. The number of aromatic nitrogens is 1. The van der Waals surface area contributed by atoms with Gasteiger partial charge in [-0.15, -0.1) is 11.3 Å². The Hall–Kier alpha value is -3.00. The average molecular weight is 389 g/mol. The molecule has 0 aliphatic heterocycles. The molecule has 3 aromatic rings. The number of hydrogen-bond donors (Lipinski definition) is 1. The minimum absolute atomic E-state index is 0.0208. The molecule has 5 nitrogen and oxygen atoms in total. The summed E-state index contributed by atoms with van der Waals surface area (Å²) in [5.74, 6) is -1.43. The molecule has 8 heteroatoms. The molecule has 3 rings (SSSR count). The molecule has 1 amide bonds. The summed E-state index contributed by atoms with van der Waals surface area (Å²) in [4.78, 5) is 18.0. The van der Waals surface area contributed by atoms with E-state index in [0.717, 1.165) is 17.7 Å². The molecule has 2 aromatic carbocycles. The first-order chi connectivity index (χ1) is 12.9. The van der Waals surface area contributed by atoms with Gasteiger partial charge in [-0.1, -0.05) is 12.1 Å². The van der Waals surface area contributed by atoms with Crippen LogP contribution in [0, 0.1) is 11.6 Å². The largest absolute Gasteiger partial charge is 0.496 e. The number of hydrogen-bond acceptors (Lipinski definition) is 5. The van der Waals surface area contributed by atoms with Crippen molar-refractivity contribution in [2.45, 2.75) is 0 Å². The van der Waals surface area contributed by atoms with Crippen LogP contribution in [0.1, 0.15) is 10.5 Å². The Labute approximate surface area is 159 Å². The fourth-order valence-corrected chi connectivity index (χ4v) is 3.41. The van der Waals surface area contributed by atoms with Crippen LogP contribution in [0.2, 0.25) is 0 Å². The van der Waals surface area contributed by atoms with Crippen molar-refractivity contribution in [2.75, 3.05) is 31.4 Å². The molecular formula is C19H17F2N3O2S. The first-order valence-electron chi connectivity index (χ1n) is 7.97. The summed E-state index contributed by atoms with van der Waals surface area (Å²) in [5, 5.41) is 4.67. The number of anilines is 2. The first-order valence-corrected chi connectivity index (χ1v) is 8.85. The summed E-state index contributed by atoms with van der Waals surface area (Å²) in [6.07, 6.45) is 0. The van der Waals surface area contributed by atoms with Gasteiger partial charge in [-0.3, -0.25) is 4.79 Å². The zero-order chi connectivity index (χ0) is 19.6. The highest BCUT2D eigenvalue weighted by molar-refractivity contribution is 7.13. The maximum atomic E-state index is 14.1. The summed E-state index contributed by atoms with van der Waals surface area (Å²) in [6.45, 7) is 0. The second-order valence-corrected chi connectivity index (χ2v) is 6.73. The quantitative estimate of drug-likeness (QED) is 0.702. The van der Waals surface area contributed by atoms with E-state index in [9.17, 15) is 13.6 Å². The maximum Gasteiger partial charge on any atom is 0.275 e. The molecule has 1 N–H and O–H groups in total. The van der Waals surface area contributed by atoms with Crippen LogP contribution in [-0.4, -0.2) is 32.1 Å². The second-order valence-electron chi connectivity index (χ2n) is 5.88. The molecule has 0 saturated carbocycles. The SMILES string of the molecule is COc1ccccc1-c1nc(C(=O)Nc2cc(F)c(N(C)C)c(F)c2)cs1. The lowest BCUT2D eigenvalue weighted by Crippen LogP contribution is -2.16. The average Bonchev–Trinajstić information content (AvgIpc) is 3.10. The molecule has 0 bridgehead atoms. The zero-order valence-electron chi connectivity index (χ0n) is 14.9. The number of thiazole rings is 1. The van der Waals surface area contributed by atoms with Gasteiger partial charge < -0.3 is 15.0 Å². The number of methoxy groups -OCH3 is 1. The number of rotatable bonds is 5. The molecule has 1 heterocycles. The number of para-hydroxylation sites is 1. The molecular weight excluding hydrogens is 372 g/mol. The van der Waals surface area contributed by atoms with Gasteiger partial charge in [0.1, 0.15) is 22.1 Å². The molecule has 0 aliphatic carbocycles. The molecule has 0 radical (unpaired) electrons. The number of benzene rings is 2. The summed E-state index contributed by atoms with van der Waals surface area (Å²) in [7, 11) is 4.63. The van der Waals surface area contributed by atoms with E-state index in [1.165, 1.54) is 30.3 Å². The van der Waals surface area contributed by atoms with Crippen molar-refractivity contribution < 1.29 is 18.3 Å². The highest BCUT2D eigenvalue weighted by Gasteiger charge is 2.17. The van der Waals surface area contributed by atoms with E-state index in [1.807, 2.05) is 18.2 Å². The number of nitrogens with one attached hydrogen (secondary N) is 1. The molecule has 0 saturated heterocycles. The van der Waals surface area contributed by atoms with Crippen LogP contribution in [-0.2, 0) is 0 Å². The predicted octanol–water partition coefficient (Wildman–Crippen LogP) is 4.42. The van der Waals surface area contributed by atoms with Crippen molar-refractivity contribution in [3.8, 4) is 16.3 Å². The van der Waals surface area contributed by atoms with Gasteiger partial charge in [0.2, 0.25) is 0 Å². The summed E-state index contributed by atoms with van der Waals surface area (Å²) in [5.41, 5.74) is 0.766. The smallest absolute Gasteiger partial charge is 0.275 e. The van der Waals surface area contributed by atoms with E-state index in [1.54, 1.807) is 18.6 Å². The first kappa shape index (κ1) is 18.8. The van der Waals surface area contributed by atoms with Crippen LogP contribution >= 0.6 is 11.3 Å². The number of amides is 1. The molecule has 27 heavy (non-hydrogen) atoms. The van der Waals surface area contributed by atoms with Crippen molar-refractivity contribution >= 4 is 28.6 Å². The van der Waals surface area contributed by atoms with Crippen molar-refractivity contribution in [3.63, 3.8) is 0 Å². The molecule has 140 valence electrons. The number of nitrogens with zero attached hydrogens (tertiary/aromatic N) is 2. The fraction of sp³-hybridized carbons (Fsp3) is 0.158. The topological polar surface area (TPSA) is 54.5 Å². The van der Waals surface area contributed by atoms with Crippen LogP contribution in [0.15, 0.2) is 41.8 Å². The normalized spacial score (nSPS) is 10.6. The van der Waals surface area contributed by atoms with Gasteiger partial charge >= 0.3 is 0 Å². The third-order valence-corrected chi connectivity index (χ3v) is 4.67. The standard InChI is InChI=1S/C19H17F2N3O2S/c1-24(2)17-13(20)8-11(9-14(17)21)22-18(25)15-10-27-19(23-15)12-6-4-5-7-16(12)26-3/h4-10H,1-3H3,(H,22,25). The molecule has 0 aliphatic rings. The Morgan fingerprint density at radius 3 is 2.48 bits per heavy atom. The third kappa shape index (κ3) is 3.90. The molecule has 0 unspecified atom stereocenters. The van der Waals surface area contributed by atoms with E-state index < -0.39 is 17.5 Å². The van der Waals surface area contributed by atoms with Gasteiger partial charge in [0, 0.05) is 25.2 Å². The summed E-state index contributed by atoms with van der Waals surface area (Å²) >= 11 is 1.28. The number of carbonyl (C=O) groups is 1. The predicted molar refractivity (Wildman–Crippen MR) is 103 cm³/mol. The Bertz CT molecular complexity index is 966. The highest BCUT2D eigenvalue weighted by Crippen LogP contribution is 2.32. The number of halogens is 2. The van der Waals surface area contributed by atoms with Crippen LogP contribution in [0.3, 0.4) is 0 Å². The van der Waals surface area contributed by atoms with Gasteiger partial charge in [-0.05, 0) is 24.3 Å². The van der Waals surface area contributed by atoms with Crippen LogP contribution in [0.4, 0.5) is 20.2 Å². The van der Waals surface area contributed by atoms with Crippen molar-refractivity contribution in [2.24, 2.45) is 0 Å². The summed E-state index contributed by atoms with van der Waals surface area (Å²) < 4.78 is 33.4. The van der Waals surface area contributed by atoms with Gasteiger partial charge in [-0.2, -0.15) is 0 Å². The Balaban J connectivity index is 1.83. The lowest BCUT2D eigenvalue weighted by atomic mass is 10.2. The monoisotopic (exact) mass is 389 g/mol. The van der Waals surface area contributed by atoms with Crippen molar-refractivity contribution in [3.05, 3.63) is 59.1 Å². The third-order valence-electron chi connectivity index (χ3n) is 3.80. The Morgan fingerprint density at radius 1 is 1.19 bits per heavy atom. The van der Waals surface area contributed by atoms with Gasteiger partial charge in [0.25, 0.3) is 5.91 Å². The highest BCUT2D eigenvalue weighted by atomic mass is 32.1. The van der Waals surface area contributed by atoms with E-state index in [-0.39, 0.29) is 17.1 Å². The van der Waals surface area contributed by atoms with E-state index >= 15 is 0 Å². The van der Waals surface area contributed by atoms with Crippen molar-refractivity contribution in [1.29, 1.82) is 0 Å². The minimum atomic E-state index is -0.761. The van der Waals surface area contributed by atoms with Crippen LogP contribution in [0.5, 0.6) is 5.75 Å². The molecule has 0 spiro atoms. The van der Waals surface area contributed by atoms with E-state index in [4.69, 9.17) is 4.74 Å². The summed E-state index contributed by atoms with van der Waals surface area (Å²) in [6, 6.07) is 9.47. The van der Waals surface area contributed by atoms with Crippen LogP contribution < -0.4 is 15.0 Å². The number of ether oxygens (including phenoxy) is 1. The zero-order valence-corrected chi connectivity index (χ0v) is 15.7. The fourth-order valence-electron chi connectivity index (χ4n) is 2.58. The molecule has 1 aromatic heterocycles. The second kappa shape index (κ2) is 7.71. The minimum Gasteiger partial charge on any atom is -0.496 e. The van der Waals surface area contributed by atoms with Crippen LogP contribution in [0.25, 0.3) is 10.6 Å². The van der Waals surface area contributed by atoms with Gasteiger partial charge in [0.15, 0.2) is 11.6 Å². The van der Waals surface area contributed by atoms with Gasteiger partial charge in [-0.25, -0.2) is 13.8 Å². The Kier molecular flexibility index (Phi) is 5.36.